The molecular formula is C17H27N3O. The van der Waals surface area contributed by atoms with E-state index in [0.717, 1.165) is 36.6 Å². The van der Waals surface area contributed by atoms with Gasteiger partial charge in [0.2, 0.25) is 0 Å². The van der Waals surface area contributed by atoms with Crippen molar-refractivity contribution in [3.63, 3.8) is 0 Å². The van der Waals surface area contributed by atoms with Gasteiger partial charge in [-0.2, -0.15) is 0 Å². The predicted molar refractivity (Wildman–Crippen MR) is 88.0 cm³/mol. The number of ether oxygens (including phenoxy) is 1. The summed E-state index contributed by atoms with van der Waals surface area (Å²) in [7, 11) is 0. The lowest BCUT2D eigenvalue weighted by atomic mass is 10.3. The molecule has 1 aromatic heterocycles. The number of rotatable bonds is 7. The first kappa shape index (κ1) is 15.8. The number of benzene rings is 1. The van der Waals surface area contributed by atoms with Gasteiger partial charge in [-0.15, -0.1) is 0 Å². The van der Waals surface area contributed by atoms with Gasteiger partial charge in [-0.1, -0.05) is 13.8 Å². The zero-order valence-electron chi connectivity index (χ0n) is 13.8. The summed E-state index contributed by atoms with van der Waals surface area (Å²) in [6.45, 7) is 12.5. The zero-order valence-corrected chi connectivity index (χ0v) is 13.8. The van der Waals surface area contributed by atoms with Gasteiger partial charge in [0.05, 0.1) is 17.1 Å². The second kappa shape index (κ2) is 6.94. The number of fused-ring (bicyclic) bond motifs is 1. The van der Waals surface area contributed by atoms with Crippen molar-refractivity contribution in [3.05, 3.63) is 24.0 Å². The van der Waals surface area contributed by atoms with E-state index in [1.165, 1.54) is 5.52 Å². The van der Waals surface area contributed by atoms with E-state index in [1.807, 2.05) is 26.0 Å². The van der Waals surface area contributed by atoms with Gasteiger partial charge in [-0.25, -0.2) is 4.98 Å². The Balaban J connectivity index is 2.24. The average Bonchev–Trinajstić information content (AvgIpc) is 2.74. The van der Waals surface area contributed by atoms with Gasteiger partial charge in [-0.05, 0) is 32.9 Å². The summed E-state index contributed by atoms with van der Waals surface area (Å²) in [5.41, 5.74) is 2.21. The molecule has 0 unspecified atom stereocenters. The van der Waals surface area contributed by atoms with Gasteiger partial charge in [-0.3, -0.25) is 0 Å². The molecule has 4 heteroatoms. The Bertz CT molecular complexity index is 587. The molecule has 2 rings (SSSR count). The minimum Gasteiger partial charge on any atom is -0.491 e. The lowest BCUT2D eigenvalue weighted by Crippen LogP contribution is -2.25. The maximum atomic E-state index is 5.76. The smallest absolute Gasteiger partial charge is 0.121 e. The van der Waals surface area contributed by atoms with E-state index in [2.05, 4.69) is 36.7 Å². The molecule has 0 radical (unpaired) electrons. The molecule has 4 nitrogen and oxygen atoms in total. The highest BCUT2D eigenvalue weighted by Gasteiger charge is 2.11. The van der Waals surface area contributed by atoms with Crippen LogP contribution in [0.15, 0.2) is 18.2 Å². The van der Waals surface area contributed by atoms with Gasteiger partial charge in [0.15, 0.2) is 0 Å². The van der Waals surface area contributed by atoms with Crippen LogP contribution in [-0.4, -0.2) is 28.2 Å². The fourth-order valence-corrected chi connectivity index (χ4v) is 2.52. The molecule has 1 aromatic carbocycles. The largest absolute Gasteiger partial charge is 0.491 e. The van der Waals surface area contributed by atoms with Crippen LogP contribution in [0.4, 0.5) is 0 Å². The molecule has 0 atom stereocenters. The molecule has 0 amide bonds. The molecule has 0 fully saturated rings. The first-order valence-electron chi connectivity index (χ1n) is 7.90. The molecule has 0 aliphatic heterocycles. The van der Waals surface area contributed by atoms with Crippen LogP contribution in [-0.2, 0) is 13.0 Å². The standard InChI is InChI=1S/C17H27N3O/c1-6-20-16-8-7-14(21-13(4)5)11-15(16)19-17(20)9-10-18-12(2)3/h7-8,11-13,18H,6,9-10H2,1-5H3. The van der Waals surface area contributed by atoms with Gasteiger partial charge < -0.3 is 14.6 Å². The Labute approximate surface area is 127 Å². The van der Waals surface area contributed by atoms with Crippen LogP contribution in [0.1, 0.15) is 40.4 Å². The van der Waals surface area contributed by atoms with Crippen LogP contribution >= 0.6 is 0 Å². The van der Waals surface area contributed by atoms with E-state index in [4.69, 9.17) is 9.72 Å². The average molecular weight is 289 g/mol. The molecule has 0 spiro atoms. The van der Waals surface area contributed by atoms with E-state index in [9.17, 15) is 0 Å². The van der Waals surface area contributed by atoms with Crippen LogP contribution in [0.5, 0.6) is 5.75 Å². The van der Waals surface area contributed by atoms with E-state index in [-0.39, 0.29) is 6.10 Å². The fraction of sp³-hybridized carbons (Fsp3) is 0.588. The summed E-state index contributed by atoms with van der Waals surface area (Å²) in [4.78, 5) is 4.79. The molecule has 1 heterocycles. The van der Waals surface area contributed by atoms with Crippen molar-refractivity contribution in [2.75, 3.05) is 6.54 Å². The molecule has 0 saturated heterocycles. The second-order valence-electron chi connectivity index (χ2n) is 5.95. The Morgan fingerprint density at radius 3 is 2.62 bits per heavy atom. The lowest BCUT2D eigenvalue weighted by molar-refractivity contribution is 0.242. The maximum absolute atomic E-state index is 5.76. The Morgan fingerprint density at radius 2 is 2.00 bits per heavy atom. The molecule has 0 saturated carbocycles. The number of imidazole rings is 1. The topological polar surface area (TPSA) is 39.1 Å². The normalized spacial score (nSPS) is 11.8. The highest BCUT2D eigenvalue weighted by Crippen LogP contribution is 2.23. The Morgan fingerprint density at radius 1 is 1.24 bits per heavy atom. The number of aromatic nitrogens is 2. The van der Waals surface area contributed by atoms with E-state index in [1.54, 1.807) is 0 Å². The Hall–Kier alpha value is -1.55. The number of aryl methyl sites for hydroxylation is 1. The summed E-state index contributed by atoms with van der Waals surface area (Å²) < 4.78 is 8.04. The van der Waals surface area contributed by atoms with Gasteiger partial charge in [0.1, 0.15) is 11.6 Å². The second-order valence-corrected chi connectivity index (χ2v) is 5.95. The molecular weight excluding hydrogens is 262 g/mol. The third kappa shape index (κ3) is 3.97. The van der Waals surface area contributed by atoms with Gasteiger partial charge >= 0.3 is 0 Å². The van der Waals surface area contributed by atoms with Crippen molar-refractivity contribution >= 4 is 11.0 Å². The minimum absolute atomic E-state index is 0.186. The maximum Gasteiger partial charge on any atom is 0.121 e. The van der Waals surface area contributed by atoms with Crippen molar-refractivity contribution in [2.24, 2.45) is 0 Å². The lowest BCUT2D eigenvalue weighted by Gasteiger charge is -2.10. The molecule has 0 aliphatic rings. The fourth-order valence-electron chi connectivity index (χ4n) is 2.52. The first-order valence-corrected chi connectivity index (χ1v) is 7.90. The van der Waals surface area contributed by atoms with Crippen LogP contribution in [0.3, 0.4) is 0 Å². The summed E-state index contributed by atoms with van der Waals surface area (Å²) in [5, 5.41) is 3.45. The Kier molecular flexibility index (Phi) is 5.23. The summed E-state index contributed by atoms with van der Waals surface area (Å²) in [6.07, 6.45) is 1.13. The monoisotopic (exact) mass is 289 g/mol. The number of hydrogen-bond donors (Lipinski definition) is 1. The van der Waals surface area contributed by atoms with Gasteiger partial charge in [0, 0.05) is 31.6 Å². The van der Waals surface area contributed by atoms with Crippen molar-refractivity contribution in [3.8, 4) is 5.75 Å². The molecule has 2 aromatic rings. The number of nitrogens with zero attached hydrogens (tertiary/aromatic N) is 2. The van der Waals surface area contributed by atoms with Gasteiger partial charge in [0.25, 0.3) is 0 Å². The molecule has 116 valence electrons. The van der Waals surface area contributed by atoms with Crippen LogP contribution in [0, 0.1) is 0 Å². The third-order valence-corrected chi connectivity index (χ3v) is 3.39. The van der Waals surface area contributed by atoms with Crippen molar-refractivity contribution in [2.45, 2.75) is 59.7 Å². The van der Waals surface area contributed by atoms with Crippen molar-refractivity contribution < 1.29 is 4.74 Å². The van der Waals surface area contributed by atoms with Crippen LogP contribution in [0.25, 0.3) is 11.0 Å². The zero-order chi connectivity index (χ0) is 15.4. The predicted octanol–water partition coefficient (Wildman–Crippen LogP) is 3.38. The van der Waals surface area contributed by atoms with Crippen LogP contribution < -0.4 is 10.1 Å². The molecule has 0 bridgehead atoms. The number of nitrogens with one attached hydrogen (secondary N) is 1. The highest BCUT2D eigenvalue weighted by molar-refractivity contribution is 5.77. The van der Waals surface area contributed by atoms with Crippen molar-refractivity contribution in [1.29, 1.82) is 0 Å². The van der Waals surface area contributed by atoms with E-state index < -0.39 is 0 Å². The third-order valence-electron chi connectivity index (χ3n) is 3.39. The minimum atomic E-state index is 0.186. The molecule has 0 aliphatic carbocycles. The van der Waals surface area contributed by atoms with E-state index >= 15 is 0 Å². The van der Waals surface area contributed by atoms with E-state index in [0.29, 0.717) is 6.04 Å². The molecule has 1 N–H and O–H groups in total. The quantitative estimate of drug-likeness (QED) is 0.849. The van der Waals surface area contributed by atoms with Crippen molar-refractivity contribution in [1.82, 2.24) is 14.9 Å². The van der Waals surface area contributed by atoms with Crippen LogP contribution in [0.2, 0.25) is 0 Å². The molecule has 21 heavy (non-hydrogen) atoms. The summed E-state index contributed by atoms with van der Waals surface area (Å²) in [5.74, 6) is 2.03. The number of hydrogen-bond acceptors (Lipinski definition) is 3. The first-order chi connectivity index (χ1) is 10.0. The summed E-state index contributed by atoms with van der Waals surface area (Å²) in [6, 6.07) is 6.70. The highest BCUT2D eigenvalue weighted by atomic mass is 16.5. The summed E-state index contributed by atoms with van der Waals surface area (Å²) >= 11 is 0. The SMILES string of the molecule is CCn1c(CCNC(C)C)nc2cc(OC(C)C)ccc21.